The number of nitrogens with one attached hydrogen (secondary N) is 1. The van der Waals surface area contributed by atoms with Crippen molar-refractivity contribution in [2.24, 2.45) is 12.0 Å². The van der Waals surface area contributed by atoms with E-state index in [2.05, 4.69) is 26.5 Å². The van der Waals surface area contributed by atoms with E-state index in [1.807, 2.05) is 49.2 Å². The maximum atomic E-state index is 5.77. The molecule has 0 bridgehead atoms. The Balaban J connectivity index is 0.00000280. The zero-order valence-electron chi connectivity index (χ0n) is 16.8. The first-order chi connectivity index (χ1) is 13.2. The van der Waals surface area contributed by atoms with Gasteiger partial charge >= 0.3 is 0 Å². The second kappa shape index (κ2) is 11.1. The topological polar surface area (TPSA) is 63.9 Å². The van der Waals surface area contributed by atoms with E-state index >= 15 is 0 Å². The Bertz CT molecular complexity index is 747. The number of methoxy groups -OCH3 is 1. The van der Waals surface area contributed by atoms with Crippen molar-refractivity contribution in [1.29, 1.82) is 0 Å². The van der Waals surface area contributed by atoms with Gasteiger partial charge in [0.1, 0.15) is 11.5 Å². The van der Waals surface area contributed by atoms with E-state index in [1.54, 1.807) is 7.11 Å². The Hall–Kier alpha value is -1.97. The molecule has 0 spiro atoms. The van der Waals surface area contributed by atoms with Crippen molar-refractivity contribution in [1.82, 2.24) is 20.0 Å². The summed E-state index contributed by atoms with van der Waals surface area (Å²) in [5.74, 6) is 3.18. The predicted octanol–water partition coefficient (Wildman–Crippen LogP) is 2.88. The molecule has 2 heterocycles. The van der Waals surface area contributed by atoms with Gasteiger partial charge in [0.15, 0.2) is 5.96 Å². The minimum absolute atomic E-state index is 0. The van der Waals surface area contributed by atoms with E-state index in [4.69, 9.17) is 9.47 Å². The summed E-state index contributed by atoms with van der Waals surface area (Å²) in [6.07, 6.45) is 6.12. The molecule has 1 saturated heterocycles. The third kappa shape index (κ3) is 6.02. The van der Waals surface area contributed by atoms with Crippen LogP contribution in [0.15, 0.2) is 41.7 Å². The van der Waals surface area contributed by atoms with Crippen molar-refractivity contribution in [3.05, 3.63) is 42.2 Å². The van der Waals surface area contributed by atoms with E-state index in [0.29, 0.717) is 12.5 Å². The Morgan fingerprint density at radius 1 is 1.29 bits per heavy atom. The fourth-order valence-electron chi connectivity index (χ4n) is 3.34. The lowest BCUT2D eigenvalue weighted by molar-refractivity contribution is 0.309. The number of nitrogens with zero attached hydrogens (tertiary/aromatic N) is 4. The number of likely N-dealkylation sites (tertiary alicyclic amines) is 1. The van der Waals surface area contributed by atoms with Crippen LogP contribution in [0.1, 0.15) is 24.3 Å². The van der Waals surface area contributed by atoms with Gasteiger partial charge in [0.05, 0.1) is 19.9 Å². The molecule has 28 heavy (non-hydrogen) atoms. The number of aromatic nitrogens is 2. The number of aryl methyl sites for hydroxylation is 1. The maximum absolute atomic E-state index is 5.77. The van der Waals surface area contributed by atoms with Crippen molar-refractivity contribution < 1.29 is 9.47 Å². The summed E-state index contributed by atoms with van der Waals surface area (Å²) in [6, 6.07) is 7.66. The molecule has 8 heteroatoms. The molecule has 1 aliphatic rings. The molecule has 7 nitrogen and oxygen atoms in total. The molecule has 1 aromatic carbocycles. The van der Waals surface area contributed by atoms with E-state index < -0.39 is 0 Å². The molecule has 1 unspecified atom stereocenters. The summed E-state index contributed by atoms with van der Waals surface area (Å²) in [6.45, 7) is 3.49. The fourth-order valence-corrected chi connectivity index (χ4v) is 3.34. The lowest BCUT2D eigenvalue weighted by atomic mass is 10.0. The molecule has 1 aromatic heterocycles. The van der Waals surface area contributed by atoms with E-state index in [0.717, 1.165) is 49.9 Å². The number of rotatable bonds is 7. The number of hydrogen-bond donors (Lipinski definition) is 1. The lowest BCUT2D eigenvalue weighted by Crippen LogP contribution is -2.40. The average Bonchev–Trinajstić information content (AvgIpc) is 3.34. The van der Waals surface area contributed by atoms with Gasteiger partial charge in [-0.2, -0.15) is 5.10 Å². The Morgan fingerprint density at radius 2 is 2.04 bits per heavy atom. The normalized spacial score (nSPS) is 16.6. The minimum atomic E-state index is 0. The number of ether oxygens (including phenoxy) is 2. The Kier molecular flexibility index (Phi) is 8.88. The molecule has 2 aromatic rings. The zero-order valence-corrected chi connectivity index (χ0v) is 19.1. The molecular weight excluding hydrogens is 469 g/mol. The van der Waals surface area contributed by atoms with Gasteiger partial charge in [-0.05, 0) is 42.7 Å². The lowest BCUT2D eigenvalue weighted by Gasteiger charge is -2.21. The monoisotopic (exact) mass is 499 g/mol. The van der Waals surface area contributed by atoms with Crippen LogP contribution in [0.25, 0.3) is 0 Å². The van der Waals surface area contributed by atoms with E-state index in [1.165, 1.54) is 5.56 Å². The maximum Gasteiger partial charge on any atom is 0.193 e. The van der Waals surface area contributed by atoms with Gasteiger partial charge in [-0.1, -0.05) is 0 Å². The van der Waals surface area contributed by atoms with Gasteiger partial charge < -0.3 is 19.7 Å². The smallest absolute Gasteiger partial charge is 0.193 e. The first-order valence-corrected chi connectivity index (χ1v) is 9.40. The first-order valence-electron chi connectivity index (χ1n) is 9.40. The van der Waals surface area contributed by atoms with Gasteiger partial charge in [0.25, 0.3) is 0 Å². The van der Waals surface area contributed by atoms with Crippen molar-refractivity contribution in [3.8, 4) is 11.5 Å². The quantitative estimate of drug-likeness (QED) is 0.275. The Morgan fingerprint density at radius 3 is 2.68 bits per heavy atom. The minimum Gasteiger partial charge on any atom is -0.497 e. The second-order valence-electron chi connectivity index (χ2n) is 6.73. The largest absolute Gasteiger partial charge is 0.497 e. The van der Waals surface area contributed by atoms with Gasteiger partial charge in [-0.3, -0.25) is 9.67 Å². The molecule has 1 atom stereocenters. The molecule has 0 saturated carbocycles. The van der Waals surface area contributed by atoms with Crippen molar-refractivity contribution >= 4 is 29.9 Å². The van der Waals surface area contributed by atoms with Crippen molar-refractivity contribution in [2.75, 3.05) is 40.4 Å². The molecule has 0 aliphatic carbocycles. The van der Waals surface area contributed by atoms with Crippen LogP contribution in [0.2, 0.25) is 0 Å². The molecule has 3 rings (SSSR count). The Labute approximate surface area is 184 Å². The van der Waals surface area contributed by atoms with E-state index in [-0.39, 0.29) is 24.0 Å². The van der Waals surface area contributed by atoms with Crippen molar-refractivity contribution in [2.45, 2.75) is 18.8 Å². The molecule has 154 valence electrons. The molecule has 1 N–H and O–H groups in total. The zero-order chi connectivity index (χ0) is 19.1. The standard InChI is InChI=1S/C20H29N5O2.HI/c1-21-20(25-11-9-16(15-25)17-13-23-24(2)14-17)22-10-4-12-27-19-7-5-18(26-3)6-8-19;/h5-8,13-14,16H,4,9-12,15H2,1-3H3,(H,21,22);1H. The fraction of sp³-hybridized carbons (Fsp3) is 0.500. The van der Waals surface area contributed by atoms with E-state index in [9.17, 15) is 0 Å². The van der Waals surface area contributed by atoms with Crippen molar-refractivity contribution in [3.63, 3.8) is 0 Å². The number of hydrogen-bond acceptors (Lipinski definition) is 4. The SMILES string of the molecule is CN=C(NCCCOc1ccc(OC)cc1)N1CCC(c2cnn(C)c2)C1.I. The summed E-state index contributed by atoms with van der Waals surface area (Å²) in [7, 11) is 5.46. The average molecular weight is 499 g/mol. The molecule has 1 aliphatic heterocycles. The summed E-state index contributed by atoms with van der Waals surface area (Å²) in [5.41, 5.74) is 1.31. The van der Waals surface area contributed by atoms with Gasteiger partial charge in [-0.25, -0.2) is 0 Å². The summed E-state index contributed by atoms with van der Waals surface area (Å²) >= 11 is 0. The third-order valence-corrected chi connectivity index (χ3v) is 4.83. The van der Waals surface area contributed by atoms with Crippen LogP contribution < -0.4 is 14.8 Å². The van der Waals surface area contributed by atoms with Gasteiger partial charge in [0, 0.05) is 45.8 Å². The first kappa shape index (κ1) is 22.3. The molecule has 0 amide bonds. The van der Waals surface area contributed by atoms with Crippen LogP contribution >= 0.6 is 24.0 Å². The van der Waals surface area contributed by atoms with Crippen LogP contribution in [-0.2, 0) is 7.05 Å². The van der Waals surface area contributed by atoms with Gasteiger partial charge in [-0.15, -0.1) is 24.0 Å². The number of benzene rings is 1. The molecule has 1 fully saturated rings. The van der Waals surface area contributed by atoms with Crippen LogP contribution in [0, 0.1) is 0 Å². The highest BCUT2D eigenvalue weighted by Crippen LogP contribution is 2.26. The van der Waals surface area contributed by atoms with Crippen LogP contribution in [0.4, 0.5) is 0 Å². The second-order valence-corrected chi connectivity index (χ2v) is 6.73. The predicted molar refractivity (Wildman–Crippen MR) is 122 cm³/mol. The molecular formula is C20H30IN5O2. The number of guanidine groups is 1. The number of aliphatic imine (C=N–C) groups is 1. The third-order valence-electron chi connectivity index (χ3n) is 4.83. The highest BCUT2D eigenvalue weighted by molar-refractivity contribution is 14.0. The molecule has 0 radical (unpaired) electrons. The van der Waals surface area contributed by atoms with Crippen LogP contribution in [0.5, 0.6) is 11.5 Å². The number of halogens is 1. The summed E-state index contributed by atoms with van der Waals surface area (Å²) < 4.78 is 12.8. The van der Waals surface area contributed by atoms with Crippen LogP contribution in [0.3, 0.4) is 0 Å². The van der Waals surface area contributed by atoms with Crippen LogP contribution in [-0.4, -0.2) is 61.0 Å². The highest BCUT2D eigenvalue weighted by Gasteiger charge is 2.26. The van der Waals surface area contributed by atoms with Gasteiger partial charge in [0.2, 0.25) is 0 Å². The highest BCUT2D eigenvalue weighted by atomic mass is 127. The summed E-state index contributed by atoms with van der Waals surface area (Å²) in [5, 5.41) is 7.74. The summed E-state index contributed by atoms with van der Waals surface area (Å²) in [4.78, 5) is 6.76.